The number of hydrogen-bond acceptors (Lipinski definition) is 11. The number of hydrogen-bond donors (Lipinski definition) is 3. The SMILES string of the molecule is Oc1cc(Nc2ccc(/C=N/Nc3ncc(F)c(N4CCOCC4)n3)nc2)cc(-c2ccncn2)c1. The maximum absolute atomic E-state index is 14.2. The summed E-state index contributed by atoms with van der Waals surface area (Å²) in [5, 5.41) is 17.4. The molecule has 1 aromatic carbocycles. The van der Waals surface area contributed by atoms with Crippen LogP contribution in [0.5, 0.6) is 5.75 Å². The van der Waals surface area contributed by atoms with E-state index < -0.39 is 5.82 Å². The Bertz CT molecular complexity index is 1350. The zero-order chi connectivity index (χ0) is 24.7. The summed E-state index contributed by atoms with van der Waals surface area (Å²) in [5.41, 5.74) is 6.14. The van der Waals surface area contributed by atoms with E-state index in [1.165, 1.54) is 12.5 Å². The molecule has 0 unspecified atom stereocenters. The van der Waals surface area contributed by atoms with Crippen LogP contribution in [0.1, 0.15) is 5.69 Å². The highest BCUT2D eigenvalue weighted by Crippen LogP contribution is 2.28. The van der Waals surface area contributed by atoms with Crippen molar-refractivity contribution in [1.29, 1.82) is 0 Å². The van der Waals surface area contributed by atoms with E-state index >= 15 is 0 Å². The molecule has 4 aromatic rings. The van der Waals surface area contributed by atoms with Crippen LogP contribution in [0.25, 0.3) is 11.3 Å². The van der Waals surface area contributed by atoms with Crippen LogP contribution in [0, 0.1) is 5.82 Å². The number of phenols is 1. The van der Waals surface area contributed by atoms with E-state index in [-0.39, 0.29) is 17.5 Å². The summed E-state index contributed by atoms with van der Waals surface area (Å²) < 4.78 is 19.5. The van der Waals surface area contributed by atoms with Crippen molar-refractivity contribution < 1.29 is 14.2 Å². The molecule has 5 rings (SSSR count). The van der Waals surface area contributed by atoms with Crippen molar-refractivity contribution in [3.05, 3.63) is 72.8 Å². The number of aromatic nitrogens is 5. The first-order valence-corrected chi connectivity index (χ1v) is 11.1. The van der Waals surface area contributed by atoms with E-state index in [1.807, 2.05) is 17.0 Å². The molecule has 11 nitrogen and oxygen atoms in total. The summed E-state index contributed by atoms with van der Waals surface area (Å²) in [7, 11) is 0. The van der Waals surface area contributed by atoms with E-state index in [0.717, 1.165) is 17.4 Å². The van der Waals surface area contributed by atoms with Gasteiger partial charge in [0.2, 0.25) is 5.95 Å². The monoisotopic (exact) mass is 487 g/mol. The summed E-state index contributed by atoms with van der Waals surface area (Å²) in [6.45, 7) is 2.17. The molecule has 1 fully saturated rings. The van der Waals surface area contributed by atoms with Crippen molar-refractivity contribution in [2.45, 2.75) is 0 Å². The normalized spacial score (nSPS) is 13.6. The van der Waals surface area contributed by atoms with Gasteiger partial charge in [-0.2, -0.15) is 10.1 Å². The predicted octanol–water partition coefficient (Wildman–Crippen LogP) is 3.20. The van der Waals surface area contributed by atoms with Crippen LogP contribution in [-0.2, 0) is 4.74 Å². The smallest absolute Gasteiger partial charge is 0.245 e. The van der Waals surface area contributed by atoms with Crippen LogP contribution in [0.2, 0.25) is 0 Å². The fourth-order valence-corrected chi connectivity index (χ4v) is 3.58. The molecule has 3 aromatic heterocycles. The Morgan fingerprint density at radius 2 is 1.92 bits per heavy atom. The van der Waals surface area contributed by atoms with Crippen molar-refractivity contribution in [3.63, 3.8) is 0 Å². The van der Waals surface area contributed by atoms with Gasteiger partial charge in [0.1, 0.15) is 12.1 Å². The Hall–Kier alpha value is -4.71. The maximum Gasteiger partial charge on any atom is 0.245 e. The molecule has 0 saturated carbocycles. The molecule has 36 heavy (non-hydrogen) atoms. The van der Waals surface area contributed by atoms with E-state index in [2.05, 4.69) is 40.8 Å². The second kappa shape index (κ2) is 10.7. The molecule has 1 aliphatic heterocycles. The molecule has 1 aliphatic rings. The number of phenolic OH excluding ortho intramolecular Hbond substituents is 1. The fraction of sp³-hybridized carbons (Fsp3) is 0.167. The first-order chi connectivity index (χ1) is 17.6. The zero-order valence-corrected chi connectivity index (χ0v) is 19.0. The molecule has 1 saturated heterocycles. The van der Waals surface area contributed by atoms with Gasteiger partial charge in [0.05, 0.1) is 48.9 Å². The Morgan fingerprint density at radius 1 is 1.03 bits per heavy atom. The molecule has 0 spiro atoms. The number of halogens is 1. The van der Waals surface area contributed by atoms with Crippen LogP contribution in [0.4, 0.5) is 27.5 Å². The molecule has 3 N–H and O–H groups in total. The molecule has 0 amide bonds. The minimum atomic E-state index is -0.493. The van der Waals surface area contributed by atoms with Gasteiger partial charge in [0.25, 0.3) is 0 Å². The lowest BCUT2D eigenvalue weighted by Crippen LogP contribution is -2.37. The fourth-order valence-electron chi connectivity index (χ4n) is 3.58. The highest BCUT2D eigenvalue weighted by molar-refractivity contribution is 5.78. The molecule has 4 heterocycles. The second-order valence-electron chi connectivity index (χ2n) is 7.79. The number of morpholine rings is 1. The number of benzene rings is 1. The van der Waals surface area contributed by atoms with Crippen LogP contribution >= 0.6 is 0 Å². The molecular weight excluding hydrogens is 465 g/mol. The average molecular weight is 487 g/mol. The minimum Gasteiger partial charge on any atom is -0.508 e. The Balaban J connectivity index is 1.22. The molecule has 0 radical (unpaired) electrons. The lowest BCUT2D eigenvalue weighted by Gasteiger charge is -2.27. The van der Waals surface area contributed by atoms with E-state index in [1.54, 1.807) is 36.7 Å². The average Bonchev–Trinajstić information content (AvgIpc) is 2.91. The van der Waals surface area contributed by atoms with E-state index in [4.69, 9.17) is 4.74 Å². The molecular formula is C24H22FN9O2. The molecule has 0 bridgehead atoms. The number of aromatic hydroxyl groups is 1. The van der Waals surface area contributed by atoms with Crippen LogP contribution in [-0.4, -0.2) is 62.5 Å². The largest absolute Gasteiger partial charge is 0.508 e. The van der Waals surface area contributed by atoms with Gasteiger partial charge in [-0.3, -0.25) is 4.98 Å². The van der Waals surface area contributed by atoms with Gasteiger partial charge in [-0.15, -0.1) is 0 Å². The first-order valence-electron chi connectivity index (χ1n) is 11.1. The second-order valence-corrected chi connectivity index (χ2v) is 7.79. The molecule has 0 atom stereocenters. The number of anilines is 4. The molecule has 12 heteroatoms. The topological polar surface area (TPSA) is 134 Å². The highest BCUT2D eigenvalue weighted by Gasteiger charge is 2.17. The van der Waals surface area contributed by atoms with Crippen LogP contribution in [0.3, 0.4) is 0 Å². The number of hydrazone groups is 1. The van der Waals surface area contributed by atoms with Crippen molar-refractivity contribution >= 4 is 29.4 Å². The van der Waals surface area contributed by atoms with Crippen molar-refractivity contribution in [3.8, 4) is 17.0 Å². The van der Waals surface area contributed by atoms with Crippen molar-refractivity contribution in [2.75, 3.05) is 41.9 Å². The van der Waals surface area contributed by atoms with E-state index in [9.17, 15) is 9.50 Å². The molecule has 182 valence electrons. The number of nitrogens with one attached hydrogen (secondary N) is 2. The summed E-state index contributed by atoms with van der Waals surface area (Å²) in [6, 6.07) is 10.5. The van der Waals surface area contributed by atoms with Gasteiger partial charge in [-0.1, -0.05) is 0 Å². The summed E-state index contributed by atoms with van der Waals surface area (Å²) in [6.07, 6.45) is 7.36. The number of rotatable bonds is 7. The Labute approximate surface area is 205 Å². The van der Waals surface area contributed by atoms with Gasteiger partial charge >= 0.3 is 0 Å². The van der Waals surface area contributed by atoms with Crippen LogP contribution in [0.15, 0.2) is 66.4 Å². The predicted molar refractivity (Wildman–Crippen MR) is 133 cm³/mol. The van der Waals surface area contributed by atoms with Gasteiger partial charge < -0.3 is 20.1 Å². The van der Waals surface area contributed by atoms with Gasteiger partial charge in [0.15, 0.2) is 11.6 Å². The van der Waals surface area contributed by atoms with Crippen molar-refractivity contribution in [1.82, 2.24) is 24.9 Å². The standard InChI is InChI=1S/C24H22FN9O2/c25-21-14-28-24(32-23(21)34-5-7-36-8-6-34)33-30-13-17-1-2-18(12-27-17)31-19-9-16(10-20(35)11-19)22-3-4-26-15-29-22/h1-4,9-15,31,35H,5-8H2,(H,28,32,33)/b30-13+. The zero-order valence-electron chi connectivity index (χ0n) is 19.0. The summed E-state index contributed by atoms with van der Waals surface area (Å²) in [5.74, 6) is 0.00782. The first kappa shape index (κ1) is 23.1. The number of pyridine rings is 1. The van der Waals surface area contributed by atoms with Gasteiger partial charge in [-0.25, -0.2) is 24.8 Å². The summed E-state index contributed by atoms with van der Waals surface area (Å²) in [4.78, 5) is 22.5. The van der Waals surface area contributed by atoms with Gasteiger partial charge in [-0.05, 0) is 30.3 Å². The Kier molecular flexibility index (Phi) is 6.85. The number of nitrogens with zero attached hydrogens (tertiary/aromatic N) is 7. The third kappa shape index (κ3) is 5.67. The van der Waals surface area contributed by atoms with Crippen molar-refractivity contribution in [2.24, 2.45) is 5.10 Å². The minimum absolute atomic E-state index is 0.108. The van der Waals surface area contributed by atoms with Gasteiger partial charge in [0, 0.05) is 36.6 Å². The maximum atomic E-state index is 14.2. The quantitative estimate of drug-likeness (QED) is 0.264. The van der Waals surface area contributed by atoms with E-state index in [0.29, 0.717) is 43.4 Å². The van der Waals surface area contributed by atoms with Crippen LogP contribution < -0.4 is 15.6 Å². The highest BCUT2D eigenvalue weighted by atomic mass is 19.1. The lowest BCUT2D eigenvalue weighted by atomic mass is 10.1. The molecule has 0 aliphatic carbocycles. The Morgan fingerprint density at radius 3 is 2.69 bits per heavy atom. The third-order valence-electron chi connectivity index (χ3n) is 5.27. The number of ether oxygens (including phenoxy) is 1. The third-order valence-corrected chi connectivity index (χ3v) is 5.27. The summed E-state index contributed by atoms with van der Waals surface area (Å²) >= 11 is 0. The lowest BCUT2D eigenvalue weighted by molar-refractivity contribution is 0.122.